The van der Waals surface area contributed by atoms with Crippen molar-refractivity contribution >= 4 is 5.69 Å². The number of para-hydroxylation sites is 1. The van der Waals surface area contributed by atoms with Gasteiger partial charge in [-0.2, -0.15) is 0 Å². The minimum Gasteiger partial charge on any atom is -0.390 e. The number of benzene rings is 1. The lowest BCUT2D eigenvalue weighted by Crippen LogP contribution is -2.36. The molecule has 2 atom stereocenters. The molecule has 0 fully saturated rings. The summed E-state index contributed by atoms with van der Waals surface area (Å²) in [7, 11) is 0. The van der Waals surface area contributed by atoms with Gasteiger partial charge in [-0.25, -0.2) is 0 Å². The standard InChI is InChI=1S/C15H23NO2/c1-15(2,3)14(17)10-18-12-8-11-6-4-5-7-13(11)16-9-12/h4-7,12,14,16-17H,8-10H2,1-3H3. The van der Waals surface area contributed by atoms with E-state index in [1.165, 1.54) is 11.3 Å². The molecule has 1 aliphatic rings. The van der Waals surface area contributed by atoms with Crippen LogP contribution in [-0.2, 0) is 11.2 Å². The van der Waals surface area contributed by atoms with E-state index in [2.05, 4.69) is 17.4 Å². The molecule has 2 N–H and O–H groups in total. The van der Waals surface area contributed by atoms with Crippen molar-refractivity contribution in [3.05, 3.63) is 29.8 Å². The molecule has 2 unspecified atom stereocenters. The summed E-state index contributed by atoms with van der Waals surface area (Å²) in [6, 6.07) is 8.30. The van der Waals surface area contributed by atoms with Crippen LogP contribution in [0.4, 0.5) is 5.69 Å². The maximum atomic E-state index is 9.97. The first kappa shape index (κ1) is 13.4. The first-order valence-corrected chi connectivity index (χ1v) is 6.58. The normalized spacial score (nSPS) is 21.0. The average Bonchev–Trinajstić information content (AvgIpc) is 2.34. The van der Waals surface area contributed by atoms with Crippen molar-refractivity contribution in [1.82, 2.24) is 0 Å². The van der Waals surface area contributed by atoms with Gasteiger partial charge < -0.3 is 15.2 Å². The van der Waals surface area contributed by atoms with Crippen LogP contribution < -0.4 is 5.32 Å². The molecule has 0 saturated heterocycles. The SMILES string of the molecule is CC(C)(C)C(O)COC1CNc2ccccc2C1. The van der Waals surface area contributed by atoms with E-state index >= 15 is 0 Å². The minimum absolute atomic E-state index is 0.125. The van der Waals surface area contributed by atoms with Gasteiger partial charge in [0.15, 0.2) is 0 Å². The van der Waals surface area contributed by atoms with Gasteiger partial charge in [0.05, 0.1) is 18.8 Å². The summed E-state index contributed by atoms with van der Waals surface area (Å²) in [4.78, 5) is 0. The molecule has 0 aliphatic carbocycles. The molecule has 18 heavy (non-hydrogen) atoms. The number of nitrogens with one attached hydrogen (secondary N) is 1. The molecule has 1 aliphatic heterocycles. The third-order valence-electron chi connectivity index (χ3n) is 3.47. The summed E-state index contributed by atoms with van der Waals surface area (Å²) < 4.78 is 5.82. The predicted octanol–water partition coefficient (Wildman–Crippen LogP) is 2.45. The summed E-state index contributed by atoms with van der Waals surface area (Å²) in [5.74, 6) is 0. The third-order valence-corrected chi connectivity index (χ3v) is 3.47. The molecule has 0 aromatic heterocycles. The fourth-order valence-corrected chi connectivity index (χ4v) is 2.01. The lowest BCUT2D eigenvalue weighted by Gasteiger charge is -2.30. The van der Waals surface area contributed by atoms with Gasteiger partial charge in [-0.05, 0) is 17.0 Å². The Hall–Kier alpha value is -1.06. The van der Waals surface area contributed by atoms with Crippen molar-refractivity contribution in [2.75, 3.05) is 18.5 Å². The molecule has 3 heteroatoms. The third kappa shape index (κ3) is 3.24. The summed E-state index contributed by atoms with van der Waals surface area (Å²) in [6.07, 6.45) is 0.645. The van der Waals surface area contributed by atoms with Crippen LogP contribution in [0.1, 0.15) is 26.3 Å². The maximum Gasteiger partial charge on any atom is 0.0821 e. The molecule has 0 amide bonds. The lowest BCUT2D eigenvalue weighted by atomic mass is 9.90. The lowest BCUT2D eigenvalue weighted by molar-refractivity contribution is -0.0466. The second-order valence-electron chi connectivity index (χ2n) is 6.08. The molecule has 0 radical (unpaired) electrons. The smallest absolute Gasteiger partial charge is 0.0821 e. The van der Waals surface area contributed by atoms with Gasteiger partial charge in [0.2, 0.25) is 0 Å². The van der Waals surface area contributed by atoms with Crippen LogP contribution in [0.5, 0.6) is 0 Å². The number of hydrogen-bond acceptors (Lipinski definition) is 3. The fourth-order valence-electron chi connectivity index (χ4n) is 2.01. The van der Waals surface area contributed by atoms with Crippen LogP contribution in [0.15, 0.2) is 24.3 Å². The molecule has 100 valence electrons. The Bertz CT molecular complexity index is 398. The molecule has 3 nitrogen and oxygen atoms in total. The Morgan fingerprint density at radius 1 is 1.39 bits per heavy atom. The summed E-state index contributed by atoms with van der Waals surface area (Å²) in [5.41, 5.74) is 2.37. The number of rotatable bonds is 3. The second kappa shape index (κ2) is 5.29. The molecule has 1 aromatic rings. The van der Waals surface area contributed by atoms with E-state index < -0.39 is 6.10 Å². The quantitative estimate of drug-likeness (QED) is 0.864. The number of aliphatic hydroxyl groups excluding tert-OH is 1. The molecule has 0 spiro atoms. The van der Waals surface area contributed by atoms with Gasteiger partial charge >= 0.3 is 0 Å². The van der Waals surface area contributed by atoms with Crippen molar-refractivity contribution in [2.45, 2.75) is 39.4 Å². The number of ether oxygens (including phenoxy) is 1. The van der Waals surface area contributed by atoms with Crippen molar-refractivity contribution in [3.63, 3.8) is 0 Å². The number of anilines is 1. The zero-order valence-corrected chi connectivity index (χ0v) is 11.4. The van der Waals surface area contributed by atoms with Crippen LogP contribution in [0, 0.1) is 5.41 Å². The highest BCUT2D eigenvalue weighted by molar-refractivity contribution is 5.53. The van der Waals surface area contributed by atoms with Gasteiger partial charge in [-0.3, -0.25) is 0 Å². The molecule has 1 heterocycles. The molecule has 2 rings (SSSR count). The van der Waals surface area contributed by atoms with Crippen LogP contribution in [0.2, 0.25) is 0 Å². The topological polar surface area (TPSA) is 41.5 Å². The number of fused-ring (bicyclic) bond motifs is 1. The monoisotopic (exact) mass is 249 g/mol. The summed E-state index contributed by atoms with van der Waals surface area (Å²) >= 11 is 0. The number of hydrogen-bond donors (Lipinski definition) is 2. The molecular formula is C15H23NO2. The van der Waals surface area contributed by atoms with Gasteiger partial charge in [-0.1, -0.05) is 39.0 Å². The van der Waals surface area contributed by atoms with E-state index in [0.29, 0.717) is 6.61 Å². The van der Waals surface area contributed by atoms with Crippen LogP contribution in [0.25, 0.3) is 0 Å². The summed E-state index contributed by atoms with van der Waals surface area (Å²) in [5, 5.41) is 13.3. The minimum atomic E-state index is -0.422. The Balaban J connectivity index is 1.87. The van der Waals surface area contributed by atoms with E-state index in [-0.39, 0.29) is 11.5 Å². The van der Waals surface area contributed by atoms with Crippen LogP contribution >= 0.6 is 0 Å². The van der Waals surface area contributed by atoms with Crippen molar-refractivity contribution in [3.8, 4) is 0 Å². The Morgan fingerprint density at radius 3 is 2.83 bits per heavy atom. The van der Waals surface area contributed by atoms with E-state index in [4.69, 9.17) is 4.74 Å². The van der Waals surface area contributed by atoms with Gasteiger partial charge in [0.25, 0.3) is 0 Å². The predicted molar refractivity (Wildman–Crippen MR) is 73.8 cm³/mol. The van der Waals surface area contributed by atoms with Crippen molar-refractivity contribution in [1.29, 1.82) is 0 Å². The average molecular weight is 249 g/mol. The Labute approximate surface area is 109 Å². The van der Waals surface area contributed by atoms with E-state index in [9.17, 15) is 5.11 Å². The van der Waals surface area contributed by atoms with Crippen molar-refractivity contribution in [2.24, 2.45) is 5.41 Å². The zero-order chi connectivity index (χ0) is 13.2. The van der Waals surface area contributed by atoms with E-state index in [0.717, 1.165) is 13.0 Å². The highest BCUT2D eigenvalue weighted by Crippen LogP contribution is 2.24. The van der Waals surface area contributed by atoms with E-state index in [1.807, 2.05) is 32.9 Å². The highest BCUT2D eigenvalue weighted by Gasteiger charge is 2.25. The van der Waals surface area contributed by atoms with Crippen LogP contribution in [-0.4, -0.2) is 30.5 Å². The first-order valence-electron chi connectivity index (χ1n) is 6.58. The summed E-state index contributed by atoms with van der Waals surface area (Å²) in [6.45, 7) is 7.28. The van der Waals surface area contributed by atoms with Gasteiger partial charge in [0, 0.05) is 18.7 Å². The molecule has 0 bridgehead atoms. The highest BCUT2D eigenvalue weighted by atomic mass is 16.5. The second-order valence-corrected chi connectivity index (χ2v) is 6.08. The van der Waals surface area contributed by atoms with Gasteiger partial charge in [0.1, 0.15) is 0 Å². The van der Waals surface area contributed by atoms with Crippen molar-refractivity contribution < 1.29 is 9.84 Å². The fraction of sp³-hybridized carbons (Fsp3) is 0.600. The van der Waals surface area contributed by atoms with Crippen LogP contribution in [0.3, 0.4) is 0 Å². The molecule has 1 aromatic carbocycles. The maximum absolute atomic E-state index is 9.97. The largest absolute Gasteiger partial charge is 0.390 e. The molecular weight excluding hydrogens is 226 g/mol. The Kier molecular flexibility index (Phi) is 3.93. The molecule has 0 saturated carbocycles. The Morgan fingerprint density at radius 2 is 2.11 bits per heavy atom. The first-order chi connectivity index (χ1) is 8.47. The zero-order valence-electron chi connectivity index (χ0n) is 11.4. The van der Waals surface area contributed by atoms with E-state index in [1.54, 1.807) is 0 Å². The number of aliphatic hydroxyl groups is 1. The van der Waals surface area contributed by atoms with Gasteiger partial charge in [-0.15, -0.1) is 0 Å².